The number of aryl methyl sites for hydroxylation is 1. The van der Waals surface area contributed by atoms with E-state index in [0.29, 0.717) is 6.54 Å². The molecular weight excluding hydrogens is 208 g/mol. The molecule has 3 N–H and O–H groups in total. The molecule has 0 radical (unpaired) electrons. The summed E-state index contributed by atoms with van der Waals surface area (Å²) < 4.78 is 0. The van der Waals surface area contributed by atoms with Crippen LogP contribution in [-0.4, -0.2) is 18.5 Å². The van der Waals surface area contributed by atoms with Crippen molar-refractivity contribution in [2.75, 3.05) is 6.54 Å². The summed E-state index contributed by atoms with van der Waals surface area (Å²) in [5.74, 6) is 0.0142. The van der Waals surface area contributed by atoms with E-state index in [9.17, 15) is 4.79 Å². The van der Waals surface area contributed by atoms with E-state index < -0.39 is 0 Å². The number of nitrogens with one attached hydrogen (secondary N) is 1. The van der Waals surface area contributed by atoms with Crippen LogP contribution in [-0.2, 0) is 6.42 Å². The number of rotatable bonds is 5. The molecule has 0 aliphatic carbocycles. The highest BCUT2D eigenvalue weighted by Gasteiger charge is 2.07. The zero-order valence-electron chi connectivity index (χ0n) is 9.25. The normalized spacial score (nSPS) is 12.5. The van der Waals surface area contributed by atoms with Crippen molar-refractivity contribution in [3.8, 4) is 0 Å². The topological polar surface area (TPSA) is 55.1 Å². The highest BCUT2D eigenvalue weighted by Crippen LogP contribution is 2.16. The van der Waals surface area contributed by atoms with Gasteiger partial charge in [0.25, 0.3) is 5.91 Å². The van der Waals surface area contributed by atoms with Gasteiger partial charge in [0.2, 0.25) is 0 Å². The minimum absolute atomic E-state index is 0.0142. The molecule has 4 heteroatoms. The summed E-state index contributed by atoms with van der Waals surface area (Å²) in [5.41, 5.74) is 5.59. The van der Waals surface area contributed by atoms with Crippen molar-refractivity contribution in [3.05, 3.63) is 21.9 Å². The third kappa shape index (κ3) is 4.01. The summed E-state index contributed by atoms with van der Waals surface area (Å²) >= 11 is 1.56. The lowest BCUT2D eigenvalue weighted by molar-refractivity contribution is 0.0957. The average molecular weight is 226 g/mol. The molecule has 1 atom stereocenters. The van der Waals surface area contributed by atoms with Gasteiger partial charge in [-0.2, -0.15) is 0 Å². The molecule has 1 unspecified atom stereocenters. The molecule has 1 aromatic heterocycles. The van der Waals surface area contributed by atoms with E-state index in [1.165, 1.54) is 4.88 Å². The number of hydrogen-bond acceptors (Lipinski definition) is 3. The first kappa shape index (κ1) is 12.2. The SMILES string of the molecule is CCc1ccc(C(=O)NCCC(C)N)s1. The van der Waals surface area contributed by atoms with Crippen LogP contribution in [0.5, 0.6) is 0 Å². The Morgan fingerprint density at radius 3 is 2.87 bits per heavy atom. The molecule has 0 bridgehead atoms. The molecule has 1 heterocycles. The molecule has 1 amide bonds. The lowest BCUT2D eigenvalue weighted by Crippen LogP contribution is -2.28. The molecule has 1 rings (SSSR count). The maximum Gasteiger partial charge on any atom is 0.261 e. The number of thiophene rings is 1. The molecule has 0 spiro atoms. The first-order valence-corrected chi connectivity index (χ1v) is 6.07. The van der Waals surface area contributed by atoms with Gasteiger partial charge in [-0.25, -0.2) is 0 Å². The second kappa shape index (κ2) is 5.88. The highest BCUT2D eigenvalue weighted by atomic mass is 32.1. The minimum atomic E-state index is 0.0142. The van der Waals surface area contributed by atoms with E-state index >= 15 is 0 Å². The van der Waals surface area contributed by atoms with Gasteiger partial charge in [-0.3, -0.25) is 4.79 Å². The van der Waals surface area contributed by atoms with Crippen LogP contribution >= 0.6 is 11.3 Å². The molecule has 0 aliphatic heterocycles. The van der Waals surface area contributed by atoms with Gasteiger partial charge < -0.3 is 11.1 Å². The predicted molar refractivity (Wildman–Crippen MR) is 64.3 cm³/mol. The van der Waals surface area contributed by atoms with Crippen LogP contribution in [0.2, 0.25) is 0 Å². The lowest BCUT2D eigenvalue weighted by atomic mass is 10.2. The van der Waals surface area contributed by atoms with Crippen LogP contribution in [0.15, 0.2) is 12.1 Å². The monoisotopic (exact) mass is 226 g/mol. The average Bonchev–Trinajstić information content (AvgIpc) is 2.65. The number of hydrogen-bond donors (Lipinski definition) is 2. The van der Waals surface area contributed by atoms with Crippen LogP contribution in [0.1, 0.15) is 34.8 Å². The first-order valence-electron chi connectivity index (χ1n) is 5.26. The Labute approximate surface area is 94.7 Å². The minimum Gasteiger partial charge on any atom is -0.351 e. The summed E-state index contributed by atoms with van der Waals surface area (Å²) in [5, 5.41) is 2.86. The Morgan fingerprint density at radius 2 is 2.33 bits per heavy atom. The standard InChI is InChI=1S/C11H18N2OS/c1-3-9-4-5-10(15-9)11(14)13-7-6-8(2)12/h4-5,8H,3,6-7,12H2,1-2H3,(H,13,14). The lowest BCUT2D eigenvalue weighted by Gasteiger charge is -2.05. The fourth-order valence-corrected chi connectivity index (χ4v) is 2.05. The van der Waals surface area contributed by atoms with E-state index in [4.69, 9.17) is 5.73 Å². The molecule has 1 aromatic rings. The Morgan fingerprint density at radius 1 is 1.60 bits per heavy atom. The van der Waals surface area contributed by atoms with Gasteiger partial charge in [-0.1, -0.05) is 6.92 Å². The molecule has 0 fully saturated rings. The van der Waals surface area contributed by atoms with Crippen molar-refractivity contribution in [1.82, 2.24) is 5.32 Å². The van der Waals surface area contributed by atoms with Gasteiger partial charge in [0, 0.05) is 17.5 Å². The Hall–Kier alpha value is -0.870. The first-order chi connectivity index (χ1) is 7.13. The van der Waals surface area contributed by atoms with Gasteiger partial charge in [0.05, 0.1) is 4.88 Å². The van der Waals surface area contributed by atoms with Crippen molar-refractivity contribution in [2.45, 2.75) is 32.7 Å². The molecule has 0 aliphatic rings. The summed E-state index contributed by atoms with van der Waals surface area (Å²) in [7, 11) is 0. The predicted octanol–water partition coefficient (Wildman–Crippen LogP) is 1.78. The van der Waals surface area contributed by atoms with Crippen LogP contribution in [0.3, 0.4) is 0 Å². The van der Waals surface area contributed by atoms with Gasteiger partial charge >= 0.3 is 0 Å². The largest absolute Gasteiger partial charge is 0.351 e. The summed E-state index contributed by atoms with van der Waals surface area (Å²) in [6, 6.07) is 4.02. The number of nitrogens with two attached hydrogens (primary N) is 1. The maximum atomic E-state index is 11.6. The molecule has 84 valence electrons. The van der Waals surface area contributed by atoms with Gasteiger partial charge in [-0.15, -0.1) is 11.3 Å². The van der Waals surface area contributed by atoms with Crippen molar-refractivity contribution >= 4 is 17.2 Å². The molecule has 15 heavy (non-hydrogen) atoms. The summed E-state index contributed by atoms with van der Waals surface area (Å²) in [4.78, 5) is 13.6. The third-order valence-corrected chi connectivity index (χ3v) is 3.35. The summed E-state index contributed by atoms with van der Waals surface area (Å²) in [6.45, 7) is 4.67. The van der Waals surface area contributed by atoms with E-state index in [-0.39, 0.29) is 11.9 Å². The highest BCUT2D eigenvalue weighted by molar-refractivity contribution is 7.14. The number of carbonyl (C=O) groups is 1. The quantitative estimate of drug-likeness (QED) is 0.804. The maximum absolute atomic E-state index is 11.6. The molecule has 0 aromatic carbocycles. The Kier molecular flexibility index (Phi) is 4.78. The van der Waals surface area contributed by atoms with Crippen LogP contribution in [0, 0.1) is 0 Å². The fraction of sp³-hybridized carbons (Fsp3) is 0.545. The molecule has 3 nitrogen and oxygen atoms in total. The smallest absolute Gasteiger partial charge is 0.261 e. The van der Waals surface area contributed by atoms with E-state index in [2.05, 4.69) is 12.2 Å². The Balaban J connectivity index is 2.40. The van der Waals surface area contributed by atoms with Crippen molar-refractivity contribution in [3.63, 3.8) is 0 Å². The van der Waals surface area contributed by atoms with Crippen molar-refractivity contribution < 1.29 is 4.79 Å². The van der Waals surface area contributed by atoms with Crippen LogP contribution in [0.25, 0.3) is 0 Å². The second-order valence-electron chi connectivity index (χ2n) is 3.64. The van der Waals surface area contributed by atoms with E-state index in [0.717, 1.165) is 17.7 Å². The second-order valence-corrected chi connectivity index (χ2v) is 4.81. The molecule has 0 saturated heterocycles. The summed E-state index contributed by atoms with van der Waals surface area (Å²) in [6.07, 6.45) is 1.80. The number of amides is 1. The van der Waals surface area contributed by atoms with Crippen LogP contribution in [0.4, 0.5) is 0 Å². The van der Waals surface area contributed by atoms with E-state index in [1.54, 1.807) is 11.3 Å². The van der Waals surface area contributed by atoms with Gasteiger partial charge in [0.1, 0.15) is 0 Å². The van der Waals surface area contributed by atoms with Crippen molar-refractivity contribution in [2.24, 2.45) is 5.73 Å². The molecule has 0 saturated carbocycles. The fourth-order valence-electron chi connectivity index (χ4n) is 1.19. The molecular formula is C11H18N2OS. The zero-order chi connectivity index (χ0) is 11.3. The van der Waals surface area contributed by atoms with Crippen LogP contribution < -0.4 is 11.1 Å². The van der Waals surface area contributed by atoms with Crippen molar-refractivity contribution in [1.29, 1.82) is 0 Å². The third-order valence-electron chi connectivity index (χ3n) is 2.12. The zero-order valence-corrected chi connectivity index (χ0v) is 10.1. The van der Waals surface area contributed by atoms with Gasteiger partial charge in [0.15, 0.2) is 0 Å². The number of carbonyl (C=O) groups excluding carboxylic acids is 1. The van der Waals surface area contributed by atoms with Gasteiger partial charge in [-0.05, 0) is 31.9 Å². The van der Waals surface area contributed by atoms with E-state index in [1.807, 2.05) is 19.1 Å². The Bertz CT molecular complexity index is 320.